The fraction of sp³-hybridized carbons (Fsp3) is 0.571. The Labute approximate surface area is 83.4 Å². The van der Waals surface area contributed by atoms with Crippen LogP contribution in [0.1, 0.15) is 17.4 Å². The first-order valence-electron chi connectivity index (χ1n) is 4.12. The van der Waals surface area contributed by atoms with E-state index in [0.717, 1.165) is 0 Å². The van der Waals surface area contributed by atoms with Crippen LogP contribution in [0.15, 0.2) is 6.20 Å². The Morgan fingerprint density at radius 1 is 1.71 bits per heavy atom. The Balaban J connectivity index is 2.52. The van der Waals surface area contributed by atoms with Crippen LogP contribution in [-0.2, 0) is 17.3 Å². The number of aryl methyl sites for hydroxylation is 1. The molecule has 6 nitrogen and oxygen atoms in total. The van der Waals surface area contributed by atoms with Gasteiger partial charge in [-0.2, -0.15) is 0 Å². The Kier molecular flexibility index (Phi) is 3.75. The first-order chi connectivity index (χ1) is 6.63. The number of carbonyl (C=O) groups is 1. The zero-order chi connectivity index (χ0) is 10.6. The predicted molar refractivity (Wildman–Crippen MR) is 50.5 cm³/mol. The van der Waals surface area contributed by atoms with E-state index >= 15 is 0 Å². The van der Waals surface area contributed by atoms with E-state index in [1.165, 1.54) is 10.9 Å². The first-order valence-corrected chi connectivity index (χ1v) is 5.60. The number of aromatic carboxylic acids is 1. The Hall–Kier alpha value is -1.24. The van der Waals surface area contributed by atoms with Gasteiger partial charge in [0.25, 0.3) is 0 Å². The summed E-state index contributed by atoms with van der Waals surface area (Å²) in [6.45, 7) is 2.26. The van der Waals surface area contributed by atoms with E-state index in [2.05, 4.69) is 10.3 Å². The predicted octanol–water partition coefficient (Wildman–Crippen LogP) is -0.255. The van der Waals surface area contributed by atoms with Gasteiger partial charge in [0.05, 0.1) is 12.7 Å². The zero-order valence-corrected chi connectivity index (χ0v) is 8.53. The van der Waals surface area contributed by atoms with Crippen LogP contribution < -0.4 is 0 Å². The molecule has 0 aliphatic rings. The van der Waals surface area contributed by atoms with E-state index in [9.17, 15) is 9.00 Å². The maximum Gasteiger partial charge on any atom is 0.358 e. The third kappa shape index (κ3) is 2.91. The lowest BCUT2D eigenvalue weighted by Crippen LogP contribution is -2.09. The SMILES string of the molecule is CCS(=O)CCn1cc(C(=O)O)nn1. The number of carboxylic acid groups (broad SMARTS) is 1. The topological polar surface area (TPSA) is 85.1 Å². The number of aromatic nitrogens is 3. The maximum absolute atomic E-state index is 11.1. The highest BCUT2D eigenvalue weighted by atomic mass is 32.2. The Bertz CT molecular complexity index is 350. The van der Waals surface area contributed by atoms with Crippen molar-refractivity contribution in [1.29, 1.82) is 0 Å². The molecule has 0 radical (unpaired) electrons. The third-order valence-corrected chi connectivity index (χ3v) is 2.91. The highest BCUT2D eigenvalue weighted by Crippen LogP contribution is 1.93. The summed E-state index contributed by atoms with van der Waals surface area (Å²) in [7, 11) is -0.865. The maximum atomic E-state index is 11.1. The van der Waals surface area contributed by atoms with Gasteiger partial charge in [-0.05, 0) is 0 Å². The molecule has 1 unspecified atom stereocenters. The second-order valence-corrected chi connectivity index (χ2v) is 4.47. The van der Waals surface area contributed by atoms with Gasteiger partial charge in [0, 0.05) is 22.3 Å². The van der Waals surface area contributed by atoms with E-state index in [-0.39, 0.29) is 5.69 Å². The molecule has 0 saturated carbocycles. The summed E-state index contributed by atoms with van der Waals surface area (Å²) in [6, 6.07) is 0. The molecule has 14 heavy (non-hydrogen) atoms. The number of nitrogens with zero attached hydrogens (tertiary/aromatic N) is 3. The molecular formula is C7H11N3O3S. The van der Waals surface area contributed by atoms with Gasteiger partial charge in [0.1, 0.15) is 0 Å². The summed E-state index contributed by atoms with van der Waals surface area (Å²) in [5, 5.41) is 15.6. The first kappa shape index (κ1) is 10.8. The molecule has 1 aromatic rings. The van der Waals surface area contributed by atoms with E-state index in [1.807, 2.05) is 6.92 Å². The van der Waals surface area contributed by atoms with Crippen molar-refractivity contribution in [2.75, 3.05) is 11.5 Å². The second kappa shape index (κ2) is 4.85. The molecular weight excluding hydrogens is 206 g/mol. The van der Waals surface area contributed by atoms with E-state index < -0.39 is 16.8 Å². The largest absolute Gasteiger partial charge is 0.476 e. The molecule has 1 heterocycles. The molecule has 0 spiro atoms. The Morgan fingerprint density at radius 3 is 2.93 bits per heavy atom. The number of rotatable bonds is 5. The molecule has 1 rings (SSSR count). The average Bonchev–Trinajstić information content (AvgIpc) is 2.62. The minimum Gasteiger partial charge on any atom is -0.476 e. The quantitative estimate of drug-likeness (QED) is 0.734. The number of carboxylic acids is 1. The molecule has 1 atom stereocenters. The van der Waals surface area contributed by atoms with Gasteiger partial charge < -0.3 is 5.11 Å². The molecule has 78 valence electrons. The monoisotopic (exact) mass is 217 g/mol. The van der Waals surface area contributed by atoms with Crippen molar-refractivity contribution in [2.45, 2.75) is 13.5 Å². The fourth-order valence-corrected chi connectivity index (χ4v) is 1.52. The zero-order valence-electron chi connectivity index (χ0n) is 7.71. The lowest BCUT2D eigenvalue weighted by Gasteiger charge is -1.97. The van der Waals surface area contributed by atoms with Gasteiger partial charge in [0.2, 0.25) is 0 Å². The van der Waals surface area contributed by atoms with Crippen molar-refractivity contribution < 1.29 is 14.1 Å². The highest BCUT2D eigenvalue weighted by molar-refractivity contribution is 7.84. The summed E-state index contributed by atoms with van der Waals surface area (Å²) in [4.78, 5) is 10.4. The van der Waals surface area contributed by atoms with E-state index in [1.54, 1.807) is 0 Å². The van der Waals surface area contributed by atoms with Crippen LogP contribution in [0.4, 0.5) is 0 Å². The van der Waals surface area contributed by atoms with Crippen LogP contribution in [0.25, 0.3) is 0 Å². The van der Waals surface area contributed by atoms with Crippen molar-refractivity contribution in [3.05, 3.63) is 11.9 Å². The molecule has 0 aromatic carbocycles. The summed E-state index contributed by atoms with van der Waals surface area (Å²) in [6.07, 6.45) is 1.33. The number of hydrogen-bond acceptors (Lipinski definition) is 4. The van der Waals surface area contributed by atoms with Crippen molar-refractivity contribution in [2.24, 2.45) is 0 Å². The van der Waals surface area contributed by atoms with E-state index in [0.29, 0.717) is 18.1 Å². The molecule has 0 aliphatic carbocycles. The molecule has 1 N–H and O–H groups in total. The van der Waals surface area contributed by atoms with Gasteiger partial charge in [-0.15, -0.1) is 5.10 Å². The van der Waals surface area contributed by atoms with Crippen LogP contribution in [0.2, 0.25) is 0 Å². The molecule has 0 bridgehead atoms. The normalized spacial score (nSPS) is 12.6. The molecule has 0 saturated heterocycles. The molecule has 0 amide bonds. The van der Waals surface area contributed by atoms with Crippen molar-refractivity contribution in [3.8, 4) is 0 Å². The standard InChI is InChI=1S/C7H11N3O3S/c1-2-14(13)4-3-10-5-6(7(11)12)8-9-10/h5H,2-4H2,1H3,(H,11,12). The average molecular weight is 217 g/mol. The third-order valence-electron chi connectivity index (χ3n) is 1.63. The second-order valence-electron chi connectivity index (χ2n) is 2.60. The van der Waals surface area contributed by atoms with Crippen LogP contribution in [0, 0.1) is 0 Å². The van der Waals surface area contributed by atoms with Crippen molar-refractivity contribution in [1.82, 2.24) is 15.0 Å². The summed E-state index contributed by atoms with van der Waals surface area (Å²) >= 11 is 0. The van der Waals surface area contributed by atoms with Crippen LogP contribution in [0.3, 0.4) is 0 Å². The highest BCUT2D eigenvalue weighted by Gasteiger charge is 2.08. The van der Waals surface area contributed by atoms with Crippen molar-refractivity contribution in [3.63, 3.8) is 0 Å². The van der Waals surface area contributed by atoms with Gasteiger partial charge in [-0.1, -0.05) is 12.1 Å². The molecule has 1 aromatic heterocycles. The van der Waals surface area contributed by atoms with Gasteiger partial charge in [-0.3, -0.25) is 8.89 Å². The smallest absolute Gasteiger partial charge is 0.358 e. The Morgan fingerprint density at radius 2 is 2.43 bits per heavy atom. The molecule has 7 heteroatoms. The molecule has 0 fully saturated rings. The van der Waals surface area contributed by atoms with Gasteiger partial charge in [-0.25, -0.2) is 4.79 Å². The number of hydrogen-bond donors (Lipinski definition) is 1. The molecule has 0 aliphatic heterocycles. The summed E-state index contributed by atoms with van der Waals surface area (Å²) in [5.41, 5.74) is -0.0905. The van der Waals surface area contributed by atoms with Gasteiger partial charge in [0.15, 0.2) is 5.69 Å². The lowest BCUT2D eigenvalue weighted by molar-refractivity contribution is 0.0690. The minimum absolute atomic E-state index is 0.0905. The van der Waals surface area contributed by atoms with Crippen LogP contribution in [0.5, 0.6) is 0 Å². The van der Waals surface area contributed by atoms with Crippen LogP contribution in [-0.4, -0.2) is 41.8 Å². The van der Waals surface area contributed by atoms with Crippen molar-refractivity contribution >= 4 is 16.8 Å². The fourth-order valence-electron chi connectivity index (χ4n) is 0.845. The van der Waals surface area contributed by atoms with Crippen LogP contribution >= 0.6 is 0 Å². The van der Waals surface area contributed by atoms with E-state index in [4.69, 9.17) is 5.11 Å². The lowest BCUT2D eigenvalue weighted by atomic mass is 10.5. The van der Waals surface area contributed by atoms with Gasteiger partial charge >= 0.3 is 5.97 Å². The minimum atomic E-state index is -1.10. The summed E-state index contributed by atoms with van der Waals surface area (Å²) in [5.74, 6) is -0.0350. The summed E-state index contributed by atoms with van der Waals surface area (Å²) < 4.78 is 12.4.